The van der Waals surface area contributed by atoms with E-state index in [1.165, 1.54) is 11.1 Å². The fourth-order valence-electron chi connectivity index (χ4n) is 1.87. The zero-order chi connectivity index (χ0) is 11.2. The van der Waals surface area contributed by atoms with E-state index in [1.54, 1.807) is 0 Å². The van der Waals surface area contributed by atoms with Gasteiger partial charge < -0.3 is 0 Å². The van der Waals surface area contributed by atoms with E-state index in [4.69, 9.17) is 23.2 Å². The Kier molecular flexibility index (Phi) is 2.61. The number of aromatic nitrogens is 1. The van der Waals surface area contributed by atoms with Gasteiger partial charge in [0.2, 0.25) is 0 Å². The zero-order valence-corrected chi connectivity index (χ0v) is 10.4. The van der Waals surface area contributed by atoms with E-state index in [0.29, 0.717) is 10.3 Å². The van der Waals surface area contributed by atoms with Gasteiger partial charge in [0.15, 0.2) is 0 Å². The number of benzene rings is 1. The maximum atomic E-state index is 6.10. The number of pyridine rings is 1. The fourth-order valence-corrected chi connectivity index (χ4v) is 2.45. The van der Waals surface area contributed by atoms with Crippen LogP contribution in [0.2, 0.25) is 10.3 Å². The van der Waals surface area contributed by atoms with Gasteiger partial charge in [-0.25, -0.2) is 4.98 Å². The summed E-state index contributed by atoms with van der Waals surface area (Å²) in [5.41, 5.74) is 3.60. The van der Waals surface area contributed by atoms with Crippen LogP contribution in [0, 0.1) is 20.8 Å². The van der Waals surface area contributed by atoms with Gasteiger partial charge in [-0.3, -0.25) is 0 Å². The minimum absolute atomic E-state index is 0.445. The molecule has 0 radical (unpaired) electrons. The van der Waals surface area contributed by atoms with Crippen LogP contribution < -0.4 is 0 Å². The summed E-state index contributed by atoms with van der Waals surface area (Å²) in [6.07, 6.45) is 0. The van der Waals surface area contributed by atoms with Crippen LogP contribution in [0.25, 0.3) is 10.8 Å². The molecule has 3 heteroatoms. The molecule has 1 nitrogen and oxygen atoms in total. The Hall–Kier alpha value is -0.790. The van der Waals surface area contributed by atoms with Crippen molar-refractivity contribution in [2.75, 3.05) is 0 Å². The second kappa shape index (κ2) is 3.66. The molecule has 1 heterocycles. The third kappa shape index (κ3) is 1.70. The molecule has 0 atom stereocenters. The number of hydrogen-bond donors (Lipinski definition) is 0. The minimum Gasteiger partial charge on any atom is -0.224 e. The third-order valence-corrected chi connectivity index (χ3v) is 3.23. The second-order valence-electron chi connectivity index (χ2n) is 3.79. The molecule has 15 heavy (non-hydrogen) atoms. The number of halogens is 2. The van der Waals surface area contributed by atoms with Crippen LogP contribution in [0.4, 0.5) is 0 Å². The maximum Gasteiger partial charge on any atom is 0.138 e. The highest BCUT2D eigenvalue weighted by molar-refractivity contribution is 6.36. The van der Waals surface area contributed by atoms with Gasteiger partial charge in [-0.2, -0.15) is 0 Å². The van der Waals surface area contributed by atoms with Gasteiger partial charge in [0.1, 0.15) is 10.3 Å². The Morgan fingerprint density at radius 2 is 1.67 bits per heavy atom. The van der Waals surface area contributed by atoms with Crippen molar-refractivity contribution in [3.05, 3.63) is 39.1 Å². The van der Waals surface area contributed by atoms with Crippen LogP contribution in [0.15, 0.2) is 12.1 Å². The van der Waals surface area contributed by atoms with Crippen molar-refractivity contribution < 1.29 is 0 Å². The molecule has 0 unspecified atom stereocenters. The molecule has 0 aliphatic rings. The number of nitrogens with zero attached hydrogens (tertiary/aromatic N) is 1. The molecule has 0 aliphatic carbocycles. The van der Waals surface area contributed by atoms with Crippen LogP contribution in [-0.4, -0.2) is 4.98 Å². The normalized spacial score (nSPS) is 11.0. The van der Waals surface area contributed by atoms with Gasteiger partial charge in [0.25, 0.3) is 0 Å². The SMILES string of the molecule is Cc1cc(C)c2c(Cl)nc(Cl)cc2c1C. The quantitative estimate of drug-likeness (QED) is 0.619. The Morgan fingerprint density at radius 1 is 1.00 bits per heavy atom. The summed E-state index contributed by atoms with van der Waals surface area (Å²) >= 11 is 12.0. The first-order chi connectivity index (χ1) is 7.00. The Morgan fingerprint density at radius 3 is 2.33 bits per heavy atom. The Bertz CT molecular complexity index is 539. The molecule has 0 amide bonds. The Labute approximate surface area is 99.0 Å². The minimum atomic E-state index is 0.445. The van der Waals surface area contributed by atoms with Crippen molar-refractivity contribution in [3.63, 3.8) is 0 Å². The van der Waals surface area contributed by atoms with Crippen LogP contribution in [0.1, 0.15) is 16.7 Å². The monoisotopic (exact) mass is 239 g/mol. The number of aryl methyl sites for hydroxylation is 3. The molecule has 2 aromatic rings. The first kappa shape index (κ1) is 10.7. The van der Waals surface area contributed by atoms with Gasteiger partial charge in [0.05, 0.1) is 0 Å². The number of fused-ring (bicyclic) bond motifs is 1. The van der Waals surface area contributed by atoms with Gasteiger partial charge >= 0.3 is 0 Å². The molecule has 0 fully saturated rings. The van der Waals surface area contributed by atoms with Crippen LogP contribution in [0.5, 0.6) is 0 Å². The van der Waals surface area contributed by atoms with Crippen molar-refractivity contribution in [2.45, 2.75) is 20.8 Å². The van der Waals surface area contributed by atoms with E-state index in [-0.39, 0.29) is 0 Å². The van der Waals surface area contributed by atoms with Gasteiger partial charge in [-0.05, 0) is 48.9 Å². The lowest BCUT2D eigenvalue weighted by Crippen LogP contribution is -1.91. The molecule has 0 saturated heterocycles. The number of rotatable bonds is 0. The highest BCUT2D eigenvalue weighted by Gasteiger charge is 2.09. The van der Waals surface area contributed by atoms with E-state index in [0.717, 1.165) is 16.3 Å². The molecule has 0 N–H and O–H groups in total. The summed E-state index contributed by atoms with van der Waals surface area (Å²) in [4.78, 5) is 4.06. The average Bonchev–Trinajstić information content (AvgIpc) is 2.12. The van der Waals surface area contributed by atoms with E-state index in [2.05, 4.69) is 24.9 Å². The molecule has 1 aromatic heterocycles. The summed E-state index contributed by atoms with van der Waals surface area (Å²) in [6, 6.07) is 4.00. The topological polar surface area (TPSA) is 12.9 Å². The second-order valence-corrected chi connectivity index (χ2v) is 4.54. The lowest BCUT2D eigenvalue weighted by molar-refractivity contribution is 1.30. The van der Waals surface area contributed by atoms with Gasteiger partial charge in [-0.15, -0.1) is 0 Å². The van der Waals surface area contributed by atoms with Crippen molar-refractivity contribution in [2.24, 2.45) is 0 Å². The third-order valence-electron chi connectivity index (χ3n) is 2.77. The lowest BCUT2D eigenvalue weighted by atomic mass is 9.98. The molecular formula is C12H11Cl2N. The van der Waals surface area contributed by atoms with Crippen molar-refractivity contribution >= 4 is 34.0 Å². The predicted octanol–water partition coefficient (Wildman–Crippen LogP) is 4.47. The molecule has 78 valence electrons. The largest absolute Gasteiger partial charge is 0.224 e. The van der Waals surface area contributed by atoms with E-state index >= 15 is 0 Å². The Balaban J connectivity index is 3.02. The zero-order valence-electron chi connectivity index (χ0n) is 8.86. The lowest BCUT2D eigenvalue weighted by Gasteiger charge is -2.10. The smallest absolute Gasteiger partial charge is 0.138 e. The van der Waals surface area contributed by atoms with Crippen LogP contribution in [-0.2, 0) is 0 Å². The molecule has 1 aromatic carbocycles. The fraction of sp³-hybridized carbons (Fsp3) is 0.250. The van der Waals surface area contributed by atoms with Crippen LogP contribution >= 0.6 is 23.2 Å². The molecular weight excluding hydrogens is 229 g/mol. The molecule has 2 rings (SSSR count). The summed E-state index contributed by atoms with van der Waals surface area (Å²) in [5, 5.41) is 3.03. The maximum absolute atomic E-state index is 6.10. The van der Waals surface area contributed by atoms with Crippen molar-refractivity contribution in [1.82, 2.24) is 4.98 Å². The van der Waals surface area contributed by atoms with Crippen molar-refractivity contribution in [3.8, 4) is 0 Å². The van der Waals surface area contributed by atoms with Crippen molar-refractivity contribution in [1.29, 1.82) is 0 Å². The summed E-state index contributed by atoms with van der Waals surface area (Å²) in [5.74, 6) is 0. The van der Waals surface area contributed by atoms with E-state index in [9.17, 15) is 0 Å². The molecule has 0 aliphatic heterocycles. The predicted molar refractivity (Wildman–Crippen MR) is 66.0 cm³/mol. The van der Waals surface area contributed by atoms with E-state index in [1.807, 2.05) is 13.0 Å². The molecule has 0 bridgehead atoms. The first-order valence-corrected chi connectivity index (χ1v) is 5.49. The average molecular weight is 240 g/mol. The van der Waals surface area contributed by atoms with Crippen LogP contribution in [0.3, 0.4) is 0 Å². The molecule has 0 saturated carbocycles. The van der Waals surface area contributed by atoms with E-state index < -0.39 is 0 Å². The number of hydrogen-bond acceptors (Lipinski definition) is 1. The summed E-state index contributed by atoms with van der Waals surface area (Å²) < 4.78 is 0. The molecule has 0 spiro atoms. The summed E-state index contributed by atoms with van der Waals surface area (Å²) in [6.45, 7) is 6.20. The highest BCUT2D eigenvalue weighted by atomic mass is 35.5. The standard InChI is InChI=1S/C12H11Cl2N/c1-6-4-7(2)11-9(8(6)3)5-10(13)15-12(11)14/h4-5H,1-3H3. The first-order valence-electron chi connectivity index (χ1n) is 4.73. The van der Waals surface area contributed by atoms with Gasteiger partial charge in [-0.1, -0.05) is 29.3 Å². The highest BCUT2D eigenvalue weighted by Crippen LogP contribution is 2.31. The van der Waals surface area contributed by atoms with Gasteiger partial charge in [0, 0.05) is 5.39 Å². The summed E-state index contributed by atoms with van der Waals surface area (Å²) in [7, 11) is 0.